The predicted molar refractivity (Wildman–Crippen MR) is 70.1 cm³/mol. The summed E-state index contributed by atoms with van der Waals surface area (Å²) < 4.78 is 5.72. The van der Waals surface area contributed by atoms with Crippen LogP contribution in [0.15, 0.2) is 18.2 Å². The van der Waals surface area contributed by atoms with Gasteiger partial charge in [-0.2, -0.15) is 0 Å². The van der Waals surface area contributed by atoms with Crippen molar-refractivity contribution in [1.82, 2.24) is 4.90 Å². The van der Waals surface area contributed by atoms with Gasteiger partial charge in [0, 0.05) is 38.2 Å². The molecule has 2 aliphatic heterocycles. The zero-order valence-electron chi connectivity index (χ0n) is 10.8. The first-order valence-corrected chi connectivity index (χ1v) is 6.48. The maximum atomic E-state index is 11.8. The van der Waals surface area contributed by atoms with Gasteiger partial charge in [0.25, 0.3) is 5.91 Å². The number of rotatable bonds is 2. The number of carbonyl (C=O) groups excluding carboxylic acids is 2. The second kappa shape index (κ2) is 4.57. The number of carbonyl (C=O) groups is 2. The standard InChI is InChI=1S/C14H16N2O3/c1-16-7-6-12(14(16)18)19-10-4-2-9-3-5-13(17)15-11(9)8-10/h2,4,8,12H,3,5-7H2,1H3,(H,15,17). The van der Waals surface area contributed by atoms with Gasteiger partial charge >= 0.3 is 0 Å². The van der Waals surface area contributed by atoms with Crippen LogP contribution in [0, 0.1) is 0 Å². The number of likely N-dealkylation sites (N-methyl/N-ethyl adjacent to an activating group) is 1. The van der Waals surface area contributed by atoms with Gasteiger partial charge < -0.3 is 15.0 Å². The first-order valence-electron chi connectivity index (χ1n) is 6.48. The summed E-state index contributed by atoms with van der Waals surface area (Å²) in [7, 11) is 1.78. The third kappa shape index (κ3) is 2.28. The quantitative estimate of drug-likeness (QED) is 0.868. The summed E-state index contributed by atoms with van der Waals surface area (Å²) in [6.45, 7) is 0.727. The molecule has 0 aliphatic carbocycles. The van der Waals surface area contributed by atoms with Crippen LogP contribution in [0.4, 0.5) is 5.69 Å². The summed E-state index contributed by atoms with van der Waals surface area (Å²) >= 11 is 0. The molecule has 1 aromatic carbocycles. The van der Waals surface area contributed by atoms with E-state index in [1.807, 2.05) is 12.1 Å². The number of hydrogen-bond donors (Lipinski definition) is 1. The highest BCUT2D eigenvalue weighted by atomic mass is 16.5. The largest absolute Gasteiger partial charge is 0.480 e. The lowest BCUT2D eigenvalue weighted by Gasteiger charge is -2.19. The molecule has 0 aromatic heterocycles. The van der Waals surface area contributed by atoms with Crippen LogP contribution in [0.5, 0.6) is 5.75 Å². The number of aryl methyl sites for hydroxylation is 1. The van der Waals surface area contributed by atoms with Crippen molar-refractivity contribution in [2.75, 3.05) is 18.9 Å². The number of benzene rings is 1. The molecule has 0 bridgehead atoms. The first-order chi connectivity index (χ1) is 9.13. The fraction of sp³-hybridized carbons (Fsp3) is 0.429. The fourth-order valence-corrected chi connectivity index (χ4v) is 2.49. The molecule has 1 unspecified atom stereocenters. The Hall–Kier alpha value is -2.04. The average Bonchev–Trinajstić information content (AvgIpc) is 2.70. The van der Waals surface area contributed by atoms with Crippen LogP contribution in [0.1, 0.15) is 18.4 Å². The van der Waals surface area contributed by atoms with Gasteiger partial charge in [-0.25, -0.2) is 0 Å². The van der Waals surface area contributed by atoms with Crippen molar-refractivity contribution < 1.29 is 14.3 Å². The van der Waals surface area contributed by atoms with Crippen molar-refractivity contribution in [3.63, 3.8) is 0 Å². The lowest BCUT2D eigenvalue weighted by molar-refractivity contribution is -0.132. The molecule has 1 N–H and O–H groups in total. The molecule has 1 saturated heterocycles. The second-order valence-electron chi connectivity index (χ2n) is 5.02. The molecule has 1 aromatic rings. The lowest BCUT2D eigenvalue weighted by atomic mass is 10.0. The highest BCUT2D eigenvalue weighted by molar-refractivity contribution is 5.94. The minimum atomic E-state index is -0.401. The maximum absolute atomic E-state index is 11.8. The van der Waals surface area contributed by atoms with Crippen LogP contribution in [0.2, 0.25) is 0 Å². The number of likely N-dealkylation sites (tertiary alicyclic amines) is 1. The van der Waals surface area contributed by atoms with Gasteiger partial charge in [0.05, 0.1) is 0 Å². The van der Waals surface area contributed by atoms with Gasteiger partial charge in [0.15, 0.2) is 6.10 Å². The Morgan fingerprint density at radius 3 is 2.89 bits per heavy atom. The number of nitrogens with zero attached hydrogens (tertiary/aromatic N) is 1. The Morgan fingerprint density at radius 1 is 1.32 bits per heavy atom. The van der Waals surface area contributed by atoms with Gasteiger partial charge in [-0.05, 0) is 18.1 Å². The molecule has 3 rings (SSSR count). The molecule has 0 saturated carbocycles. The summed E-state index contributed by atoms with van der Waals surface area (Å²) in [6.07, 6.45) is 1.59. The van der Waals surface area contributed by atoms with Crippen molar-refractivity contribution in [2.24, 2.45) is 0 Å². The number of amides is 2. The minimum absolute atomic E-state index is 0.0155. The summed E-state index contributed by atoms with van der Waals surface area (Å²) in [4.78, 5) is 24.8. The van der Waals surface area contributed by atoms with Crippen LogP contribution in [0.3, 0.4) is 0 Å². The van der Waals surface area contributed by atoms with Crippen LogP contribution in [-0.4, -0.2) is 36.4 Å². The van der Waals surface area contributed by atoms with E-state index in [4.69, 9.17) is 4.74 Å². The summed E-state index contributed by atoms with van der Waals surface area (Å²) in [5, 5.41) is 2.83. The van der Waals surface area contributed by atoms with Crippen LogP contribution in [-0.2, 0) is 16.0 Å². The third-order valence-corrected chi connectivity index (χ3v) is 3.63. The number of nitrogens with one attached hydrogen (secondary N) is 1. The highest BCUT2D eigenvalue weighted by Gasteiger charge is 2.31. The molecule has 1 atom stereocenters. The van der Waals surface area contributed by atoms with Gasteiger partial charge in [-0.3, -0.25) is 9.59 Å². The van der Waals surface area contributed by atoms with Crippen LogP contribution < -0.4 is 10.1 Å². The Labute approximate surface area is 111 Å². The number of ether oxygens (including phenoxy) is 1. The Kier molecular flexibility index (Phi) is 2.89. The molecular weight excluding hydrogens is 244 g/mol. The molecule has 2 amide bonds. The molecule has 0 spiro atoms. The van der Waals surface area contributed by atoms with Gasteiger partial charge in [-0.15, -0.1) is 0 Å². The summed E-state index contributed by atoms with van der Waals surface area (Å²) in [6, 6.07) is 5.62. The van der Waals surface area contributed by atoms with Crippen molar-refractivity contribution >= 4 is 17.5 Å². The molecule has 5 heteroatoms. The van der Waals surface area contributed by atoms with Crippen molar-refractivity contribution in [2.45, 2.75) is 25.4 Å². The molecule has 1 fully saturated rings. The predicted octanol–water partition coefficient (Wildman–Crippen LogP) is 1.18. The van der Waals surface area contributed by atoms with E-state index in [1.165, 1.54) is 0 Å². The smallest absolute Gasteiger partial charge is 0.263 e. The van der Waals surface area contributed by atoms with E-state index in [1.54, 1.807) is 18.0 Å². The van der Waals surface area contributed by atoms with E-state index in [2.05, 4.69) is 5.32 Å². The molecule has 19 heavy (non-hydrogen) atoms. The summed E-state index contributed by atoms with van der Waals surface area (Å²) in [5.74, 6) is 0.678. The number of hydrogen-bond acceptors (Lipinski definition) is 3. The first kappa shape index (κ1) is 12.0. The average molecular weight is 260 g/mol. The normalized spacial score (nSPS) is 22.2. The van der Waals surface area contributed by atoms with Crippen molar-refractivity contribution in [3.8, 4) is 5.75 Å². The lowest BCUT2D eigenvalue weighted by Crippen LogP contribution is -2.29. The van der Waals surface area contributed by atoms with Crippen molar-refractivity contribution in [1.29, 1.82) is 0 Å². The van der Waals surface area contributed by atoms with E-state index < -0.39 is 6.10 Å². The minimum Gasteiger partial charge on any atom is -0.480 e. The molecular formula is C14H16N2O3. The number of anilines is 1. The monoisotopic (exact) mass is 260 g/mol. The molecule has 0 radical (unpaired) electrons. The molecule has 100 valence electrons. The topological polar surface area (TPSA) is 58.6 Å². The van der Waals surface area contributed by atoms with E-state index in [9.17, 15) is 9.59 Å². The Balaban J connectivity index is 1.77. The number of fused-ring (bicyclic) bond motifs is 1. The van der Waals surface area contributed by atoms with Crippen LogP contribution >= 0.6 is 0 Å². The zero-order valence-corrected chi connectivity index (χ0v) is 10.8. The third-order valence-electron chi connectivity index (χ3n) is 3.63. The van der Waals surface area contributed by atoms with Gasteiger partial charge in [0.2, 0.25) is 5.91 Å². The van der Waals surface area contributed by atoms with E-state index in [0.717, 1.165) is 24.2 Å². The van der Waals surface area contributed by atoms with E-state index >= 15 is 0 Å². The second-order valence-corrected chi connectivity index (χ2v) is 5.02. The van der Waals surface area contributed by atoms with Crippen LogP contribution in [0.25, 0.3) is 0 Å². The van der Waals surface area contributed by atoms with Gasteiger partial charge in [-0.1, -0.05) is 6.07 Å². The SMILES string of the molecule is CN1CCC(Oc2ccc3c(c2)NC(=O)CC3)C1=O. The highest BCUT2D eigenvalue weighted by Crippen LogP contribution is 2.28. The Bertz CT molecular complexity index is 541. The maximum Gasteiger partial charge on any atom is 0.263 e. The molecule has 5 nitrogen and oxygen atoms in total. The molecule has 2 aliphatic rings. The van der Waals surface area contributed by atoms with Crippen molar-refractivity contribution in [3.05, 3.63) is 23.8 Å². The summed E-state index contributed by atoms with van der Waals surface area (Å²) in [5.41, 5.74) is 1.91. The van der Waals surface area contributed by atoms with E-state index in [0.29, 0.717) is 18.6 Å². The van der Waals surface area contributed by atoms with E-state index in [-0.39, 0.29) is 11.8 Å². The Morgan fingerprint density at radius 2 is 2.16 bits per heavy atom. The molecule has 2 heterocycles. The fourth-order valence-electron chi connectivity index (χ4n) is 2.49. The zero-order chi connectivity index (χ0) is 13.4. The van der Waals surface area contributed by atoms with Gasteiger partial charge in [0.1, 0.15) is 5.75 Å².